The maximum Gasteiger partial charge on any atom is 0.412 e. The maximum absolute atomic E-state index is 12.7. The summed E-state index contributed by atoms with van der Waals surface area (Å²) in [6.45, 7) is 6.38. The zero-order valence-corrected chi connectivity index (χ0v) is 12.5. The largest absolute Gasteiger partial charge is 0.412 e. The molecule has 1 saturated heterocycles. The van der Waals surface area contributed by atoms with E-state index in [9.17, 15) is 13.2 Å². The van der Waals surface area contributed by atoms with Gasteiger partial charge in [0, 0.05) is 48.7 Å². The van der Waals surface area contributed by atoms with Gasteiger partial charge in [0.2, 0.25) is 0 Å². The Morgan fingerprint density at radius 2 is 2.14 bits per heavy atom. The van der Waals surface area contributed by atoms with E-state index in [1.54, 1.807) is 0 Å². The first kappa shape index (κ1) is 15.3. The zero-order valence-electron chi connectivity index (χ0n) is 12.5. The Hall–Kier alpha value is -0.590. The summed E-state index contributed by atoms with van der Waals surface area (Å²) in [6, 6.07) is 0. The molecule has 3 nitrogen and oxygen atoms in total. The fraction of sp³-hybridized carbons (Fsp3) is 0.867. The van der Waals surface area contributed by atoms with Crippen LogP contribution in [0, 0.1) is 11.3 Å². The second-order valence-electron chi connectivity index (χ2n) is 7.16. The van der Waals surface area contributed by atoms with Gasteiger partial charge >= 0.3 is 6.18 Å². The number of hydrogen-bond donors (Lipinski definition) is 1. The third-order valence-electron chi connectivity index (χ3n) is 5.81. The number of nitrogens with two attached hydrogens (primary N) is 1. The molecule has 0 aromatic rings. The Bertz CT molecular complexity index is 460. The number of rotatable bonds is 2. The molecule has 3 rings (SSSR count). The second-order valence-corrected chi connectivity index (χ2v) is 7.16. The van der Waals surface area contributed by atoms with Gasteiger partial charge in [0.1, 0.15) is 0 Å². The molecule has 120 valence electrons. The highest BCUT2D eigenvalue weighted by molar-refractivity contribution is 5.22. The van der Waals surface area contributed by atoms with E-state index in [0.717, 1.165) is 13.0 Å². The van der Waals surface area contributed by atoms with Crippen molar-refractivity contribution in [3.05, 3.63) is 11.6 Å². The Morgan fingerprint density at radius 1 is 1.43 bits per heavy atom. The van der Waals surface area contributed by atoms with E-state index in [2.05, 4.69) is 13.8 Å². The molecule has 21 heavy (non-hydrogen) atoms. The first-order chi connectivity index (χ1) is 9.66. The van der Waals surface area contributed by atoms with Crippen LogP contribution < -0.4 is 5.73 Å². The Morgan fingerprint density at radius 3 is 2.71 bits per heavy atom. The molecule has 0 amide bonds. The molecule has 1 saturated carbocycles. The van der Waals surface area contributed by atoms with Crippen molar-refractivity contribution in [2.24, 2.45) is 17.1 Å². The van der Waals surface area contributed by atoms with Gasteiger partial charge in [-0.15, -0.1) is 0 Å². The Labute approximate surface area is 123 Å². The summed E-state index contributed by atoms with van der Waals surface area (Å²) < 4.78 is 43.7. The van der Waals surface area contributed by atoms with E-state index < -0.39 is 11.7 Å². The van der Waals surface area contributed by atoms with Crippen LogP contribution in [-0.2, 0) is 4.74 Å². The molecule has 2 fully saturated rings. The number of nitrogens with zero attached hydrogens (tertiary/aromatic N) is 1. The van der Waals surface area contributed by atoms with Gasteiger partial charge < -0.3 is 10.5 Å². The van der Waals surface area contributed by atoms with Crippen molar-refractivity contribution in [3.8, 4) is 0 Å². The number of hydrogen-bond acceptors (Lipinski definition) is 3. The van der Waals surface area contributed by atoms with E-state index in [0.29, 0.717) is 25.6 Å². The molecular weight excluding hydrogens is 281 g/mol. The number of alkyl halides is 3. The van der Waals surface area contributed by atoms with Crippen LogP contribution in [-0.4, -0.2) is 49.0 Å². The van der Waals surface area contributed by atoms with E-state index in [-0.39, 0.29) is 23.5 Å². The molecule has 3 unspecified atom stereocenters. The second kappa shape index (κ2) is 4.70. The van der Waals surface area contributed by atoms with Crippen molar-refractivity contribution in [1.82, 2.24) is 4.90 Å². The van der Waals surface area contributed by atoms with Crippen molar-refractivity contribution in [3.63, 3.8) is 0 Å². The number of halogens is 3. The summed E-state index contributed by atoms with van der Waals surface area (Å²) in [5.74, 6) is 0.334. The first-order valence-corrected chi connectivity index (χ1v) is 7.55. The monoisotopic (exact) mass is 304 g/mol. The average Bonchev–Trinajstić information content (AvgIpc) is 2.86. The summed E-state index contributed by atoms with van der Waals surface area (Å²) in [5, 5.41) is 0. The minimum Gasteiger partial charge on any atom is -0.377 e. The van der Waals surface area contributed by atoms with Crippen LogP contribution in [0.2, 0.25) is 0 Å². The van der Waals surface area contributed by atoms with Crippen molar-refractivity contribution in [2.75, 3.05) is 26.2 Å². The van der Waals surface area contributed by atoms with Gasteiger partial charge in [0.05, 0.1) is 6.10 Å². The summed E-state index contributed by atoms with van der Waals surface area (Å²) >= 11 is 0. The lowest BCUT2D eigenvalue weighted by Gasteiger charge is -2.63. The van der Waals surface area contributed by atoms with Gasteiger partial charge in [-0.05, 0) is 12.8 Å². The molecule has 6 heteroatoms. The fourth-order valence-corrected chi connectivity index (χ4v) is 4.28. The first-order valence-electron chi connectivity index (χ1n) is 7.55. The molecule has 0 spiro atoms. The highest BCUT2D eigenvalue weighted by Gasteiger charge is 2.67. The molecule has 2 N–H and O–H groups in total. The van der Waals surface area contributed by atoms with Crippen molar-refractivity contribution < 1.29 is 17.9 Å². The van der Waals surface area contributed by atoms with E-state index in [1.807, 2.05) is 4.90 Å². The number of fused-ring (bicyclic) bond motifs is 1. The average molecular weight is 304 g/mol. The lowest BCUT2D eigenvalue weighted by molar-refractivity contribution is -0.163. The predicted molar refractivity (Wildman–Crippen MR) is 73.7 cm³/mol. The molecule has 2 aliphatic heterocycles. The minimum atomic E-state index is -4.19. The summed E-state index contributed by atoms with van der Waals surface area (Å²) in [7, 11) is 0. The van der Waals surface area contributed by atoms with Crippen LogP contribution in [0.1, 0.15) is 26.7 Å². The standard InChI is InChI=1S/C15H23F3N2O/c1-13(2)12-11(5-8-21-12)14(13,19)9-20-6-3-10(4-7-20)15(16,17)18/h3,11-12H,4-9,19H2,1-2H3. The topological polar surface area (TPSA) is 38.5 Å². The van der Waals surface area contributed by atoms with Crippen molar-refractivity contribution in [1.29, 1.82) is 0 Å². The van der Waals surface area contributed by atoms with Crippen LogP contribution in [0.15, 0.2) is 11.6 Å². The lowest BCUT2D eigenvalue weighted by Crippen LogP contribution is -2.78. The van der Waals surface area contributed by atoms with Gasteiger partial charge in [0.25, 0.3) is 0 Å². The van der Waals surface area contributed by atoms with Gasteiger partial charge in [-0.1, -0.05) is 19.9 Å². The van der Waals surface area contributed by atoms with E-state index in [1.165, 1.54) is 6.08 Å². The quantitative estimate of drug-likeness (QED) is 0.796. The Balaban J connectivity index is 1.67. The van der Waals surface area contributed by atoms with Crippen molar-refractivity contribution >= 4 is 0 Å². The van der Waals surface area contributed by atoms with Crippen LogP contribution in [0.25, 0.3) is 0 Å². The third-order valence-corrected chi connectivity index (χ3v) is 5.81. The maximum atomic E-state index is 12.7. The molecule has 3 aliphatic rings. The van der Waals surface area contributed by atoms with Crippen LogP contribution >= 0.6 is 0 Å². The van der Waals surface area contributed by atoms with Gasteiger partial charge in [-0.3, -0.25) is 4.90 Å². The smallest absolute Gasteiger partial charge is 0.377 e. The Kier molecular flexibility index (Phi) is 3.43. The van der Waals surface area contributed by atoms with Crippen LogP contribution in [0.5, 0.6) is 0 Å². The van der Waals surface area contributed by atoms with Gasteiger partial charge in [-0.2, -0.15) is 13.2 Å². The molecule has 3 atom stereocenters. The molecule has 2 heterocycles. The van der Waals surface area contributed by atoms with Gasteiger partial charge in [-0.25, -0.2) is 0 Å². The molecule has 0 radical (unpaired) electrons. The molecule has 0 aromatic carbocycles. The highest BCUT2D eigenvalue weighted by Crippen LogP contribution is 2.58. The molecule has 0 aromatic heterocycles. The van der Waals surface area contributed by atoms with Crippen LogP contribution in [0.3, 0.4) is 0 Å². The lowest BCUT2D eigenvalue weighted by atomic mass is 9.48. The van der Waals surface area contributed by atoms with Crippen molar-refractivity contribution in [2.45, 2.75) is 44.5 Å². The summed E-state index contributed by atoms with van der Waals surface area (Å²) in [6.07, 6.45) is -1.66. The SMILES string of the molecule is CC1(C)C2OCCC2C1(N)CN1CC=C(C(F)(F)F)CC1. The zero-order chi connectivity index (χ0) is 15.5. The van der Waals surface area contributed by atoms with E-state index >= 15 is 0 Å². The fourth-order valence-electron chi connectivity index (χ4n) is 4.28. The minimum absolute atomic E-state index is 0.0601. The predicted octanol–water partition coefficient (Wildman–Crippen LogP) is 2.32. The highest BCUT2D eigenvalue weighted by atomic mass is 19.4. The van der Waals surface area contributed by atoms with Crippen LogP contribution in [0.4, 0.5) is 13.2 Å². The third kappa shape index (κ3) is 2.23. The molecule has 0 bridgehead atoms. The number of ether oxygens (including phenoxy) is 1. The molecular formula is C15H23F3N2O. The molecule has 1 aliphatic carbocycles. The van der Waals surface area contributed by atoms with E-state index in [4.69, 9.17) is 10.5 Å². The van der Waals surface area contributed by atoms with Gasteiger partial charge in [0.15, 0.2) is 0 Å². The summed E-state index contributed by atoms with van der Waals surface area (Å²) in [4.78, 5) is 2.05. The normalized spacial score (nSPS) is 39.6. The summed E-state index contributed by atoms with van der Waals surface area (Å²) in [5.41, 5.74) is 5.76.